The van der Waals surface area contributed by atoms with Gasteiger partial charge in [0, 0.05) is 48.1 Å². The molecule has 8 aromatic carbocycles. The summed E-state index contributed by atoms with van der Waals surface area (Å²) in [4.78, 5) is 2.37. The van der Waals surface area contributed by atoms with E-state index in [0.29, 0.717) is 0 Å². The third-order valence-corrected chi connectivity index (χ3v) is 11.3. The maximum atomic E-state index is 6.65. The molecule has 0 amide bonds. The average Bonchev–Trinajstić information content (AvgIpc) is 3.87. The maximum absolute atomic E-state index is 6.65. The second-order valence-corrected chi connectivity index (χ2v) is 13.9. The minimum absolute atomic E-state index is 0.869. The number of hydrogen-bond acceptors (Lipinski definition) is 4. The quantitative estimate of drug-likeness (QED) is 0.189. The predicted octanol–water partition coefficient (Wildman–Crippen LogP) is 14.1. The number of benzene rings is 8. The molecule has 4 heteroatoms. The maximum Gasteiger partial charge on any atom is 0.159 e. The Labute approximate surface area is 290 Å². The number of rotatable bonds is 4. The molecule has 0 unspecified atom stereocenters. The third-order valence-electron chi connectivity index (χ3n) is 10.1. The van der Waals surface area contributed by atoms with Crippen molar-refractivity contribution in [3.8, 4) is 11.1 Å². The summed E-state index contributed by atoms with van der Waals surface area (Å²) in [7, 11) is 0. The first-order valence-corrected chi connectivity index (χ1v) is 17.7. The van der Waals surface area contributed by atoms with Crippen molar-refractivity contribution in [3.63, 3.8) is 0 Å². The van der Waals surface area contributed by atoms with Crippen LogP contribution in [-0.4, -0.2) is 0 Å². The fourth-order valence-electron chi connectivity index (χ4n) is 7.79. The van der Waals surface area contributed by atoms with E-state index in [2.05, 4.69) is 163 Å². The summed E-state index contributed by atoms with van der Waals surface area (Å²) in [5.41, 5.74) is 9.15. The molecule has 0 spiro atoms. The van der Waals surface area contributed by atoms with Gasteiger partial charge in [-0.25, -0.2) is 0 Å². The van der Waals surface area contributed by atoms with Gasteiger partial charge < -0.3 is 13.7 Å². The van der Waals surface area contributed by atoms with Gasteiger partial charge >= 0.3 is 0 Å². The molecule has 0 bridgehead atoms. The van der Waals surface area contributed by atoms with Crippen LogP contribution in [0.4, 0.5) is 17.1 Å². The van der Waals surface area contributed by atoms with Gasteiger partial charge in [-0.05, 0) is 65.0 Å². The van der Waals surface area contributed by atoms with Gasteiger partial charge in [0.15, 0.2) is 5.58 Å². The van der Waals surface area contributed by atoms with E-state index in [0.717, 1.165) is 60.9 Å². The Morgan fingerprint density at radius 1 is 0.400 bits per heavy atom. The highest BCUT2D eigenvalue weighted by Gasteiger charge is 2.24. The second kappa shape index (κ2) is 10.6. The third kappa shape index (κ3) is 3.97. The van der Waals surface area contributed by atoms with Crippen molar-refractivity contribution in [1.82, 2.24) is 0 Å². The van der Waals surface area contributed by atoms with Crippen molar-refractivity contribution in [1.29, 1.82) is 0 Å². The Balaban J connectivity index is 1.20. The molecule has 3 heterocycles. The topological polar surface area (TPSA) is 29.5 Å². The van der Waals surface area contributed by atoms with Crippen molar-refractivity contribution >= 4 is 103 Å². The lowest BCUT2D eigenvalue weighted by atomic mass is 10.0. The van der Waals surface area contributed by atoms with Crippen LogP contribution in [0, 0.1) is 0 Å². The zero-order chi connectivity index (χ0) is 32.8. The number of fused-ring (bicyclic) bond motifs is 12. The molecule has 0 saturated heterocycles. The predicted molar refractivity (Wildman–Crippen MR) is 212 cm³/mol. The van der Waals surface area contributed by atoms with Gasteiger partial charge in [-0.1, -0.05) is 115 Å². The molecule has 11 aromatic rings. The number of para-hydroxylation sites is 2. The molecule has 0 atom stereocenters. The van der Waals surface area contributed by atoms with Gasteiger partial charge in [-0.2, -0.15) is 0 Å². The van der Waals surface area contributed by atoms with Crippen LogP contribution in [0.15, 0.2) is 173 Å². The average molecular weight is 658 g/mol. The highest BCUT2D eigenvalue weighted by atomic mass is 32.1. The van der Waals surface area contributed by atoms with Gasteiger partial charge in [0.25, 0.3) is 0 Å². The molecule has 234 valence electrons. The molecular formula is C46H27NO2S. The highest BCUT2D eigenvalue weighted by Crippen LogP contribution is 2.50. The van der Waals surface area contributed by atoms with Crippen molar-refractivity contribution in [3.05, 3.63) is 164 Å². The van der Waals surface area contributed by atoms with Crippen LogP contribution >= 0.6 is 11.3 Å². The number of hydrogen-bond donors (Lipinski definition) is 0. The summed E-state index contributed by atoms with van der Waals surface area (Å²) >= 11 is 1.83. The van der Waals surface area contributed by atoms with Crippen LogP contribution in [0.2, 0.25) is 0 Å². The molecule has 0 aliphatic rings. The van der Waals surface area contributed by atoms with Gasteiger partial charge in [-0.15, -0.1) is 11.3 Å². The monoisotopic (exact) mass is 657 g/mol. The Morgan fingerprint density at radius 2 is 1.10 bits per heavy atom. The van der Waals surface area contributed by atoms with E-state index >= 15 is 0 Å². The van der Waals surface area contributed by atoms with Gasteiger partial charge in [0.1, 0.15) is 16.7 Å². The van der Waals surface area contributed by atoms with Crippen LogP contribution in [0.5, 0.6) is 0 Å². The standard InChI is InChI=1S/C46H27NO2S/c1-2-10-28(11-3-1)29-20-23-31(24-21-29)47(37-17-8-15-34-33-14-6-7-19-39(33)48-45(34)37)38-18-9-16-36-43-41(50-46(36)38)27-26-40-42(43)35-25-22-30-12-4-5-13-32(30)44(35)49-40/h1-27H. The van der Waals surface area contributed by atoms with Crippen molar-refractivity contribution in [2.24, 2.45) is 0 Å². The number of furan rings is 2. The molecule has 50 heavy (non-hydrogen) atoms. The van der Waals surface area contributed by atoms with E-state index in [9.17, 15) is 0 Å². The second-order valence-electron chi connectivity index (χ2n) is 12.8. The van der Waals surface area contributed by atoms with Crippen LogP contribution in [0.3, 0.4) is 0 Å². The first-order chi connectivity index (χ1) is 24.8. The molecular weight excluding hydrogens is 631 g/mol. The minimum atomic E-state index is 0.869. The molecule has 3 nitrogen and oxygen atoms in total. The smallest absolute Gasteiger partial charge is 0.159 e. The Kier molecular flexibility index (Phi) is 5.83. The molecule has 0 fully saturated rings. The SMILES string of the molecule is c1ccc(-c2ccc(N(c3cccc4c3oc3ccccc34)c3cccc4c3sc3ccc5oc6c7ccccc7ccc6c5c34)cc2)cc1. The lowest BCUT2D eigenvalue weighted by molar-refractivity contribution is 0.669. The molecule has 0 aliphatic heterocycles. The van der Waals surface area contributed by atoms with E-state index in [1.54, 1.807) is 0 Å². The highest BCUT2D eigenvalue weighted by molar-refractivity contribution is 7.26. The number of thiophene rings is 1. The zero-order valence-corrected chi connectivity index (χ0v) is 27.6. The van der Waals surface area contributed by atoms with E-state index < -0.39 is 0 Å². The van der Waals surface area contributed by atoms with E-state index in [1.165, 1.54) is 42.1 Å². The largest absolute Gasteiger partial charge is 0.455 e. The van der Waals surface area contributed by atoms with Crippen LogP contribution in [0.1, 0.15) is 0 Å². The minimum Gasteiger partial charge on any atom is -0.455 e. The molecule has 0 saturated carbocycles. The summed E-state index contributed by atoms with van der Waals surface area (Å²) in [5, 5.41) is 9.31. The molecule has 11 rings (SSSR count). The zero-order valence-electron chi connectivity index (χ0n) is 26.8. The summed E-state index contributed by atoms with van der Waals surface area (Å²) in [6, 6.07) is 58.1. The molecule has 0 aliphatic carbocycles. The van der Waals surface area contributed by atoms with Crippen molar-refractivity contribution < 1.29 is 8.83 Å². The number of anilines is 3. The summed E-state index contributed by atoms with van der Waals surface area (Å²) in [6.45, 7) is 0. The lowest BCUT2D eigenvalue weighted by Crippen LogP contribution is -2.10. The fraction of sp³-hybridized carbons (Fsp3) is 0. The van der Waals surface area contributed by atoms with Crippen molar-refractivity contribution in [2.45, 2.75) is 0 Å². The van der Waals surface area contributed by atoms with E-state index in [-0.39, 0.29) is 0 Å². The summed E-state index contributed by atoms with van der Waals surface area (Å²) < 4.78 is 15.7. The molecule has 3 aromatic heterocycles. The number of nitrogens with zero attached hydrogens (tertiary/aromatic N) is 1. The fourth-order valence-corrected chi connectivity index (χ4v) is 9.01. The van der Waals surface area contributed by atoms with Crippen LogP contribution < -0.4 is 4.90 Å². The van der Waals surface area contributed by atoms with Crippen LogP contribution in [0.25, 0.3) is 85.9 Å². The van der Waals surface area contributed by atoms with Crippen LogP contribution in [-0.2, 0) is 0 Å². The van der Waals surface area contributed by atoms with E-state index in [4.69, 9.17) is 8.83 Å². The Bertz CT molecular complexity index is 3090. The Morgan fingerprint density at radius 3 is 1.98 bits per heavy atom. The van der Waals surface area contributed by atoms with Crippen molar-refractivity contribution in [2.75, 3.05) is 4.90 Å². The summed E-state index contributed by atoms with van der Waals surface area (Å²) in [6.07, 6.45) is 0. The van der Waals surface area contributed by atoms with Gasteiger partial charge in [-0.3, -0.25) is 0 Å². The molecule has 0 N–H and O–H groups in total. The first-order valence-electron chi connectivity index (χ1n) is 16.8. The first kappa shape index (κ1) is 27.6. The van der Waals surface area contributed by atoms with E-state index in [1.807, 2.05) is 17.4 Å². The van der Waals surface area contributed by atoms with Gasteiger partial charge in [0.2, 0.25) is 0 Å². The lowest BCUT2D eigenvalue weighted by Gasteiger charge is -2.26. The normalized spacial score (nSPS) is 12.0. The Hall–Kier alpha value is -6.36. The molecule has 0 radical (unpaired) electrons. The van der Waals surface area contributed by atoms with Gasteiger partial charge in [0.05, 0.1) is 16.1 Å². The summed E-state index contributed by atoms with van der Waals surface area (Å²) in [5.74, 6) is 0.